The summed E-state index contributed by atoms with van der Waals surface area (Å²) in [6.45, 7) is 9.05. The second-order valence-electron chi connectivity index (χ2n) is 4.70. The van der Waals surface area contributed by atoms with Crippen LogP contribution in [0.2, 0.25) is 0 Å². The summed E-state index contributed by atoms with van der Waals surface area (Å²) in [5.74, 6) is 0. The molecule has 0 aromatic heterocycles. The molecule has 1 fully saturated rings. The molecular formula is C13H28N2O. The van der Waals surface area contributed by atoms with Crippen molar-refractivity contribution < 1.29 is 4.74 Å². The predicted molar refractivity (Wildman–Crippen MR) is 68.8 cm³/mol. The summed E-state index contributed by atoms with van der Waals surface area (Å²) in [5.41, 5.74) is 0. The lowest BCUT2D eigenvalue weighted by molar-refractivity contribution is 0.0585. The normalized spacial score (nSPS) is 26.2. The van der Waals surface area contributed by atoms with E-state index in [0.717, 1.165) is 19.6 Å². The summed E-state index contributed by atoms with van der Waals surface area (Å²) in [6, 6.07) is 0.675. The van der Waals surface area contributed by atoms with E-state index >= 15 is 0 Å². The third kappa shape index (κ3) is 4.81. The molecule has 0 heterocycles. The molecule has 0 bridgehead atoms. The van der Waals surface area contributed by atoms with Gasteiger partial charge in [0.15, 0.2) is 0 Å². The highest BCUT2D eigenvalue weighted by Gasteiger charge is 2.20. The molecule has 0 aliphatic heterocycles. The fraction of sp³-hybridized carbons (Fsp3) is 1.00. The first kappa shape index (κ1) is 13.9. The molecule has 0 radical (unpaired) electrons. The van der Waals surface area contributed by atoms with Gasteiger partial charge in [0.1, 0.15) is 0 Å². The molecule has 1 N–H and O–H groups in total. The molecule has 0 amide bonds. The third-order valence-electron chi connectivity index (χ3n) is 3.71. The van der Waals surface area contributed by atoms with Gasteiger partial charge in [-0.3, -0.25) is 0 Å². The van der Waals surface area contributed by atoms with Crippen LogP contribution >= 0.6 is 0 Å². The van der Waals surface area contributed by atoms with E-state index in [2.05, 4.69) is 24.1 Å². The van der Waals surface area contributed by atoms with Crippen LogP contribution in [0.3, 0.4) is 0 Å². The minimum atomic E-state index is 0.486. The molecule has 3 nitrogen and oxygen atoms in total. The minimum absolute atomic E-state index is 0.486. The predicted octanol–water partition coefficient (Wildman–Crippen LogP) is 1.88. The number of nitrogens with one attached hydrogen (secondary N) is 1. The number of ether oxygens (including phenoxy) is 1. The highest BCUT2D eigenvalue weighted by Crippen LogP contribution is 2.20. The molecule has 3 heteroatoms. The van der Waals surface area contributed by atoms with Crippen LogP contribution in [0.25, 0.3) is 0 Å². The number of rotatable bonds is 7. The average Bonchev–Trinajstić information content (AvgIpc) is 2.35. The van der Waals surface area contributed by atoms with Gasteiger partial charge in [-0.05, 0) is 38.8 Å². The molecule has 1 saturated carbocycles. The molecule has 2 atom stereocenters. The molecule has 0 spiro atoms. The lowest BCUT2D eigenvalue weighted by atomic mass is 9.93. The molecule has 16 heavy (non-hydrogen) atoms. The Morgan fingerprint density at radius 1 is 1.25 bits per heavy atom. The van der Waals surface area contributed by atoms with Crippen molar-refractivity contribution in [3.8, 4) is 0 Å². The van der Waals surface area contributed by atoms with E-state index in [9.17, 15) is 0 Å². The maximum atomic E-state index is 5.44. The smallest absolute Gasteiger partial charge is 0.0586 e. The third-order valence-corrected chi connectivity index (χ3v) is 3.71. The van der Waals surface area contributed by atoms with Gasteiger partial charge >= 0.3 is 0 Å². The summed E-state index contributed by atoms with van der Waals surface area (Å²) in [4.78, 5) is 2.46. The van der Waals surface area contributed by atoms with Crippen LogP contribution in [-0.2, 0) is 4.74 Å². The van der Waals surface area contributed by atoms with Crippen LogP contribution in [0.15, 0.2) is 0 Å². The van der Waals surface area contributed by atoms with E-state index in [0.29, 0.717) is 12.1 Å². The number of methoxy groups -OCH3 is 1. The summed E-state index contributed by atoms with van der Waals surface area (Å²) >= 11 is 0. The second kappa shape index (κ2) is 8.04. The molecule has 1 rings (SSSR count). The van der Waals surface area contributed by atoms with Crippen molar-refractivity contribution in [3.05, 3.63) is 0 Å². The monoisotopic (exact) mass is 228 g/mol. The molecule has 1 aliphatic rings. The van der Waals surface area contributed by atoms with Crippen molar-refractivity contribution in [1.82, 2.24) is 10.2 Å². The maximum absolute atomic E-state index is 5.44. The van der Waals surface area contributed by atoms with E-state index in [-0.39, 0.29) is 0 Å². The lowest BCUT2D eigenvalue weighted by Crippen LogP contribution is -2.40. The number of likely N-dealkylation sites (N-methyl/N-ethyl adjacent to an activating group) is 1. The van der Waals surface area contributed by atoms with Crippen molar-refractivity contribution >= 4 is 0 Å². The maximum Gasteiger partial charge on any atom is 0.0586 e. The van der Waals surface area contributed by atoms with Crippen molar-refractivity contribution in [2.24, 2.45) is 0 Å². The SMILES string of the molecule is CCN(CC)CCNC1CCCC(OC)C1. The summed E-state index contributed by atoms with van der Waals surface area (Å²) in [7, 11) is 1.84. The zero-order chi connectivity index (χ0) is 11.8. The lowest BCUT2D eigenvalue weighted by Gasteiger charge is -2.29. The van der Waals surface area contributed by atoms with E-state index < -0.39 is 0 Å². The van der Waals surface area contributed by atoms with Crippen LogP contribution in [0.4, 0.5) is 0 Å². The van der Waals surface area contributed by atoms with E-state index in [1.54, 1.807) is 0 Å². The minimum Gasteiger partial charge on any atom is -0.381 e. The van der Waals surface area contributed by atoms with Gasteiger partial charge in [0.2, 0.25) is 0 Å². The van der Waals surface area contributed by atoms with Crippen LogP contribution in [-0.4, -0.2) is 50.3 Å². The van der Waals surface area contributed by atoms with Gasteiger partial charge in [-0.1, -0.05) is 13.8 Å². The first-order valence-corrected chi connectivity index (χ1v) is 6.78. The highest BCUT2D eigenvalue weighted by atomic mass is 16.5. The van der Waals surface area contributed by atoms with E-state index in [1.165, 1.54) is 32.2 Å². The topological polar surface area (TPSA) is 24.5 Å². The number of hydrogen-bond acceptors (Lipinski definition) is 3. The molecule has 2 unspecified atom stereocenters. The molecule has 1 aliphatic carbocycles. The van der Waals surface area contributed by atoms with Gasteiger partial charge in [-0.2, -0.15) is 0 Å². The van der Waals surface area contributed by atoms with Crippen molar-refractivity contribution in [1.29, 1.82) is 0 Å². The van der Waals surface area contributed by atoms with Crippen LogP contribution in [0, 0.1) is 0 Å². The fourth-order valence-electron chi connectivity index (χ4n) is 2.51. The Hall–Kier alpha value is -0.120. The Balaban J connectivity index is 2.12. The summed E-state index contributed by atoms with van der Waals surface area (Å²) in [6.07, 6.45) is 5.54. The molecular weight excluding hydrogens is 200 g/mol. The standard InChI is InChI=1S/C13H28N2O/c1-4-15(5-2)10-9-14-12-7-6-8-13(11-12)16-3/h12-14H,4-11H2,1-3H3. The number of hydrogen-bond donors (Lipinski definition) is 1. The number of nitrogens with zero attached hydrogens (tertiary/aromatic N) is 1. The molecule has 0 aromatic rings. The van der Waals surface area contributed by atoms with Gasteiger partial charge in [-0.15, -0.1) is 0 Å². The zero-order valence-electron chi connectivity index (χ0n) is 11.2. The Morgan fingerprint density at radius 3 is 2.62 bits per heavy atom. The second-order valence-corrected chi connectivity index (χ2v) is 4.70. The first-order valence-electron chi connectivity index (χ1n) is 6.78. The van der Waals surface area contributed by atoms with Gasteiger partial charge in [0.05, 0.1) is 6.10 Å². The Morgan fingerprint density at radius 2 is 2.00 bits per heavy atom. The molecule has 0 aromatic carbocycles. The average molecular weight is 228 g/mol. The summed E-state index contributed by atoms with van der Waals surface area (Å²) in [5, 5.41) is 3.66. The quantitative estimate of drug-likeness (QED) is 0.720. The van der Waals surface area contributed by atoms with Crippen molar-refractivity contribution in [2.45, 2.75) is 51.7 Å². The van der Waals surface area contributed by atoms with E-state index in [1.807, 2.05) is 7.11 Å². The van der Waals surface area contributed by atoms with Gasteiger partial charge in [0, 0.05) is 26.2 Å². The Bertz CT molecular complexity index is 171. The molecule has 96 valence electrons. The zero-order valence-corrected chi connectivity index (χ0v) is 11.2. The van der Waals surface area contributed by atoms with Crippen molar-refractivity contribution in [3.63, 3.8) is 0 Å². The largest absolute Gasteiger partial charge is 0.381 e. The van der Waals surface area contributed by atoms with E-state index in [4.69, 9.17) is 4.74 Å². The van der Waals surface area contributed by atoms with Crippen LogP contribution < -0.4 is 5.32 Å². The molecule has 0 saturated heterocycles. The van der Waals surface area contributed by atoms with Crippen LogP contribution in [0.1, 0.15) is 39.5 Å². The van der Waals surface area contributed by atoms with Gasteiger partial charge in [-0.25, -0.2) is 0 Å². The van der Waals surface area contributed by atoms with Gasteiger partial charge < -0.3 is 15.0 Å². The summed E-state index contributed by atoms with van der Waals surface area (Å²) < 4.78 is 5.44. The first-order chi connectivity index (χ1) is 7.80. The Labute approximate surface area is 101 Å². The highest BCUT2D eigenvalue weighted by molar-refractivity contribution is 4.78. The van der Waals surface area contributed by atoms with Crippen LogP contribution in [0.5, 0.6) is 0 Å². The fourth-order valence-corrected chi connectivity index (χ4v) is 2.51. The Kier molecular flexibility index (Phi) is 7.01. The van der Waals surface area contributed by atoms with Crippen molar-refractivity contribution in [2.75, 3.05) is 33.3 Å². The van der Waals surface area contributed by atoms with Gasteiger partial charge in [0.25, 0.3) is 0 Å².